The first-order valence-electron chi connectivity index (χ1n) is 9.45. The lowest BCUT2D eigenvalue weighted by Gasteiger charge is -2.39. The molecule has 2 bridgehead atoms. The fourth-order valence-electron chi connectivity index (χ4n) is 5.52. The maximum Gasteiger partial charge on any atom is 0.251 e. The highest BCUT2D eigenvalue weighted by atomic mass is 32.2. The van der Waals surface area contributed by atoms with E-state index in [0.717, 1.165) is 12.0 Å². The number of amides is 1. The third kappa shape index (κ3) is 2.41. The predicted octanol–water partition coefficient (Wildman–Crippen LogP) is 2.95. The molecule has 6 heteroatoms. The number of nitrogens with one attached hydrogen (secondary N) is 1. The summed E-state index contributed by atoms with van der Waals surface area (Å²) in [5.41, 5.74) is 2.68. The average molecular weight is 377 g/mol. The van der Waals surface area contributed by atoms with Crippen LogP contribution in [-0.4, -0.2) is 33.2 Å². The van der Waals surface area contributed by atoms with Crippen molar-refractivity contribution in [2.45, 2.75) is 52.5 Å². The van der Waals surface area contributed by atoms with Crippen molar-refractivity contribution in [2.24, 2.45) is 16.7 Å². The van der Waals surface area contributed by atoms with Crippen molar-refractivity contribution in [3.8, 4) is 0 Å². The van der Waals surface area contributed by atoms with Crippen molar-refractivity contribution < 1.29 is 13.2 Å². The van der Waals surface area contributed by atoms with E-state index in [-0.39, 0.29) is 22.8 Å². The normalized spacial score (nSPS) is 31.9. The molecule has 0 spiro atoms. The van der Waals surface area contributed by atoms with E-state index in [9.17, 15) is 13.2 Å². The maximum absolute atomic E-state index is 12.9. The van der Waals surface area contributed by atoms with Crippen LogP contribution >= 0.6 is 0 Å². The predicted molar refractivity (Wildman–Crippen MR) is 103 cm³/mol. The van der Waals surface area contributed by atoms with Gasteiger partial charge in [-0.15, -0.1) is 0 Å². The van der Waals surface area contributed by atoms with Gasteiger partial charge in [0.25, 0.3) is 5.91 Å². The summed E-state index contributed by atoms with van der Waals surface area (Å²) in [6.45, 7) is 7.45. The Balaban J connectivity index is 1.54. The topological polar surface area (TPSA) is 66.5 Å². The van der Waals surface area contributed by atoms with Crippen molar-refractivity contribution in [1.29, 1.82) is 0 Å². The van der Waals surface area contributed by atoms with Crippen LogP contribution in [0.15, 0.2) is 18.2 Å². The number of rotatable bonds is 3. The van der Waals surface area contributed by atoms with E-state index >= 15 is 0 Å². The minimum Gasteiger partial charge on any atom is -0.349 e. The fraction of sp³-hybridized carbons (Fsp3) is 0.650. The molecule has 2 fully saturated rings. The number of carbonyl (C=O) groups excluding carboxylic acids is 1. The highest BCUT2D eigenvalue weighted by Gasteiger charge is 2.61. The molecule has 1 aromatic rings. The smallest absolute Gasteiger partial charge is 0.251 e. The van der Waals surface area contributed by atoms with Gasteiger partial charge in [-0.2, -0.15) is 0 Å². The van der Waals surface area contributed by atoms with Crippen LogP contribution in [0.2, 0.25) is 0 Å². The van der Waals surface area contributed by atoms with Crippen LogP contribution in [0.4, 0.5) is 5.69 Å². The van der Waals surface area contributed by atoms with Crippen molar-refractivity contribution in [3.05, 3.63) is 29.3 Å². The SMILES string of the molecule is CC1(C)[C@H]2CC[C@@]1(C)[C@@H](NC(=O)c1ccc3c(c1)CCN3S(C)(=O)=O)C2. The summed E-state index contributed by atoms with van der Waals surface area (Å²) < 4.78 is 25.1. The number of sulfonamides is 1. The molecule has 2 aliphatic carbocycles. The molecule has 4 rings (SSSR count). The second-order valence-corrected chi connectivity index (χ2v) is 11.0. The first kappa shape index (κ1) is 17.8. The maximum atomic E-state index is 12.9. The molecular weight excluding hydrogens is 348 g/mol. The average Bonchev–Trinajstić information content (AvgIpc) is 3.13. The van der Waals surface area contributed by atoms with Gasteiger partial charge in [0.15, 0.2) is 0 Å². The Labute approximate surface area is 156 Å². The van der Waals surface area contributed by atoms with Crippen molar-refractivity contribution in [1.82, 2.24) is 5.32 Å². The first-order valence-corrected chi connectivity index (χ1v) is 11.3. The van der Waals surface area contributed by atoms with Gasteiger partial charge in [-0.05, 0) is 66.2 Å². The zero-order valence-electron chi connectivity index (χ0n) is 16.0. The van der Waals surface area contributed by atoms with Gasteiger partial charge in [-0.25, -0.2) is 8.42 Å². The van der Waals surface area contributed by atoms with Crippen LogP contribution in [-0.2, 0) is 16.4 Å². The molecule has 142 valence electrons. The summed E-state index contributed by atoms with van der Waals surface area (Å²) in [5, 5.41) is 3.28. The van der Waals surface area contributed by atoms with E-state index in [1.54, 1.807) is 12.1 Å². The van der Waals surface area contributed by atoms with Gasteiger partial charge in [-0.3, -0.25) is 9.10 Å². The van der Waals surface area contributed by atoms with Crippen LogP contribution in [0.1, 0.15) is 56.0 Å². The Kier molecular flexibility index (Phi) is 3.75. The van der Waals surface area contributed by atoms with Gasteiger partial charge in [0, 0.05) is 18.2 Å². The van der Waals surface area contributed by atoms with Gasteiger partial charge < -0.3 is 5.32 Å². The third-order valence-corrected chi connectivity index (χ3v) is 8.87. The van der Waals surface area contributed by atoms with Gasteiger partial charge in [0.05, 0.1) is 11.9 Å². The second-order valence-electron chi connectivity index (χ2n) is 9.07. The largest absolute Gasteiger partial charge is 0.349 e. The number of anilines is 1. The Hall–Kier alpha value is -1.56. The lowest BCUT2D eigenvalue weighted by Crippen LogP contribution is -2.46. The van der Waals surface area contributed by atoms with E-state index in [2.05, 4.69) is 26.1 Å². The Bertz CT molecular complexity index is 877. The molecule has 1 aliphatic heterocycles. The molecule has 2 saturated carbocycles. The third-order valence-electron chi connectivity index (χ3n) is 7.69. The molecule has 1 amide bonds. The van der Waals surface area contributed by atoms with E-state index in [0.29, 0.717) is 30.1 Å². The lowest BCUT2D eigenvalue weighted by molar-refractivity contribution is 0.0826. The van der Waals surface area contributed by atoms with E-state index < -0.39 is 10.0 Å². The van der Waals surface area contributed by atoms with Crippen LogP contribution in [0.25, 0.3) is 0 Å². The molecule has 0 unspecified atom stereocenters. The Morgan fingerprint density at radius 1 is 1.27 bits per heavy atom. The number of hydrogen-bond donors (Lipinski definition) is 1. The van der Waals surface area contributed by atoms with Gasteiger partial charge in [-0.1, -0.05) is 20.8 Å². The van der Waals surface area contributed by atoms with Gasteiger partial charge in [0.2, 0.25) is 10.0 Å². The molecule has 3 atom stereocenters. The Morgan fingerprint density at radius 3 is 2.58 bits per heavy atom. The van der Waals surface area contributed by atoms with Crippen LogP contribution in [0.3, 0.4) is 0 Å². The Morgan fingerprint density at radius 2 is 2.00 bits per heavy atom. The van der Waals surface area contributed by atoms with Crippen LogP contribution in [0.5, 0.6) is 0 Å². The molecule has 1 heterocycles. The first-order chi connectivity index (χ1) is 12.0. The quantitative estimate of drug-likeness (QED) is 0.882. The highest BCUT2D eigenvalue weighted by molar-refractivity contribution is 7.92. The standard InChI is InChI=1S/C20H28N2O3S/c1-19(2)15-7-9-20(19,3)17(12-15)21-18(23)14-5-6-16-13(11-14)8-10-22(16)26(4,24)25/h5-6,11,15,17H,7-10,12H2,1-4H3,(H,21,23)/t15-,17-,20-/m0/s1. The molecule has 1 N–H and O–H groups in total. The molecular formula is C20H28N2O3S. The summed E-state index contributed by atoms with van der Waals surface area (Å²) in [6, 6.07) is 5.59. The molecule has 0 aromatic heterocycles. The van der Waals surface area contributed by atoms with Gasteiger partial charge in [0.1, 0.15) is 0 Å². The number of hydrogen-bond acceptors (Lipinski definition) is 3. The number of benzene rings is 1. The summed E-state index contributed by atoms with van der Waals surface area (Å²) in [4.78, 5) is 12.9. The minimum atomic E-state index is -3.26. The molecule has 3 aliphatic rings. The summed E-state index contributed by atoms with van der Waals surface area (Å²) in [7, 11) is -3.26. The summed E-state index contributed by atoms with van der Waals surface area (Å²) in [6.07, 6.45) is 5.36. The summed E-state index contributed by atoms with van der Waals surface area (Å²) in [5.74, 6) is 0.640. The molecule has 1 aromatic carbocycles. The monoisotopic (exact) mass is 376 g/mol. The van der Waals surface area contributed by atoms with Crippen molar-refractivity contribution >= 4 is 21.6 Å². The molecule has 0 saturated heterocycles. The van der Waals surface area contributed by atoms with Crippen LogP contribution in [0, 0.1) is 16.7 Å². The fourth-order valence-corrected chi connectivity index (χ4v) is 6.48. The highest BCUT2D eigenvalue weighted by Crippen LogP contribution is 2.65. The molecule has 26 heavy (non-hydrogen) atoms. The molecule has 5 nitrogen and oxygen atoms in total. The summed E-state index contributed by atoms with van der Waals surface area (Å²) >= 11 is 0. The van der Waals surface area contributed by atoms with Crippen molar-refractivity contribution in [3.63, 3.8) is 0 Å². The number of nitrogens with zero attached hydrogens (tertiary/aromatic N) is 1. The minimum absolute atomic E-state index is 0.0415. The lowest BCUT2D eigenvalue weighted by atomic mass is 9.69. The van der Waals surface area contributed by atoms with E-state index in [1.165, 1.54) is 23.4 Å². The van der Waals surface area contributed by atoms with Crippen molar-refractivity contribution in [2.75, 3.05) is 17.1 Å². The number of fused-ring (bicyclic) bond motifs is 3. The van der Waals surface area contributed by atoms with Crippen LogP contribution < -0.4 is 9.62 Å². The second kappa shape index (κ2) is 5.47. The zero-order valence-corrected chi connectivity index (χ0v) is 16.8. The molecule has 0 radical (unpaired) electrons. The number of carbonyl (C=O) groups is 1. The van der Waals surface area contributed by atoms with E-state index in [4.69, 9.17) is 0 Å². The van der Waals surface area contributed by atoms with E-state index in [1.807, 2.05) is 6.07 Å². The zero-order chi connectivity index (χ0) is 18.9. The van der Waals surface area contributed by atoms with Gasteiger partial charge >= 0.3 is 0 Å².